The van der Waals surface area contributed by atoms with Crippen molar-refractivity contribution in [3.8, 4) is 0 Å². The van der Waals surface area contributed by atoms with Crippen molar-refractivity contribution in [3.05, 3.63) is 29.3 Å². The number of aryl methyl sites for hydroxylation is 1. The van der Waals surface area contributed by atoms with Gasteiger partial charge in [0.05, 0.1) is 0 Å². The van der Waals surface area contributed by atoms with Gasteiger partial charge in [0.2, 0.25) is 0 Å². The Morgan fingerprint density at radius 1 is 1.22 bits per heavy atom. The number of anilines is 1. The molecule has 1 fully saturated rings. The largest absolute Gasteiger partial charge is 0.399 e. The number of nitrogen functional groups attached to an aromatic ring is 1. The van der Waals surface area contributed by atoms with E-state index >= 15 is 0 Å². The second-order valence-corrected chi connectivity index (χ2v) is 5.89. The van der Waals surface area contributed by atoms with E-state index in [4.69, 9.17) is 5.73 Å². The van der Waals surface area contributed by atoms with Gasteiger partial charge in [0.25, 0.3) is 0 Å². The molecule has 1 aromatic rings. The van der Waals surface area contributed by atoms with Gasteiger partial charge in [-0.3, -0.25) is 0 Å². The number of benzene rings is 1. The molecule has 100 valence electrons. The average Bonchev–Trinajstić information content (AvgIpc) is 2.35. The van der Waals surface area contributed by atoms with E-state index in [9.17, 15) is 0 Å². The van der Waals surface area contributed by atoms with E-state index in [1.807, 2.05) is 0 Å². The highest BCUT2D eigenvalue weighted by Gasteiger charge is 2.15. The highest BCUT2D eigenvalue weighted by Crippen LogP contribution is 2.24. The second kappa shape index (κ2) is 6.24. The zero-order valence-corrected chi connectivity index (χ0v) is 11.8. The lowest BCUT2D eigenvalue weighted by Gasteiger charge is -2.27. The molecular formula is C16H26N2. The molecule has 2 heteroatoms. The molecule has 2 nitrogen and oxygen atoms in total. The molecule has 0 saturated heterocycles. The molecule has 0 atom stereocenters. The molecule has 18 heavy (non-hydrogen) atoms. The van der Waals surface area contributed by atoms with Crippen molar-refractivity contribution < 1.29 is 0 Å². The monoisotopic (exact) mass is 246 g/mol. The van der Waals surface area contributed by atoms with Crippen LogP contribution in [-0.2, 0) is 6.54 Å². The first kappa shape index (κ1) is 13.4. The molecule has 1 saturated carbocycles. The Balaban J connectivity index is 1.85. The third-order valence-corrected chi connectivity index (χ3v) is 4.09. The van der Waals surface area contributed by atoms with Crippen LogP contribution in [0.5, 0.6) is 0 Å². The van der Waals surface area contributed by atoms with Gasteiger partial charge in [-0.2, -0.15) is 0 Å². The first-order chi connectivity index (χ1) is 8.65. The predicted molar refractivity (Wildman–Crippen MR) is 78.5 cm³/mol. The third kappa shape index (κ3) is 3.74. The highest BCUT2D eigenvalue weighted by molar-refractivity contribution is 5.48. The molecule has 2 N–H and O–H groups in total. The van der Waals surface area contributed by atoms with E-state index in [1.54, 1.807) is 0 Å². The summed E-state index contributed by atoms with van der Waals surface area (Å²) in [5.41, 5.74) is 9.38. The summed E-state index contributed by atoms with van der Waals surface area (Å²) < 4.78 is 0. The van der Waals surface area contributed by atoms with Crippen molar-refractivity contribution in [1.82, 2.24) is 4.90 Å². The molecule has 0 heterocycles. The molecule has 0 spiro atoms. The number of hydrogen-bond acceptors (Lipinski definition) is 2. The maximum absolute atomic E-state index is 5.96. The zero-order valence-electron chi connectivity index (χ0n) is 11.8. The molecule has 0 amide bonds. The topological polar surface area (TPSA) is 29.3 Å². The summed E-state index contributed by atoms with van der Waals surface area (Å²) in [5, 5.41) is 0. The van der Waals surface area contributed by atoms with Gasteiger partial charge in [-0.25, -0.2) is 0 Å². The Kier molecular flexibility index (Phi) is 4.65. The van der Waals surface area contributed by atoms with Crippen LogP contribution in [0, 0.1) is 12.8 Å². The maximum atomic E-state index is 5.96. The van der Waals surface area contributed by atoms with Gasteiger partial charge in [-0.15, -0.1) is 0 Å². The highest BCUT2D eigenvalue weighted by atomic mass is 15.1. The van der Waals surface area contributed by atoms with Gasteiger partial charge in [-0.05, 0) is 49.9 Å². The quantitative estimate of drug-likeness (QED) is 0.823. The summed E-state index contributed by atoms with van der Waals surface area (Å²) in [6.45, 7) is 4.31. The van der Waals surface area contributed by atoms with Gasteiger partial charge in [0, 0.05) is 18.8 Å². The van der Waals surface area contributed by atoms with Crippen LogP contribution in [0.2, 0.25) is 0 Å². The fraction of sp³-hybridized carbons (Fsp3) is 0.625. The summed E-state index contributed by atoms with van der Waals surface area (Å²) in [4.78, 5) is 2.44. The lowest BCUT2D eigenvalue weighted by atomic mass is 9.89. The van der Waals surface area contributed by atoms with Crippen molar-refractivity contribution in [1.29, 1.82) is 0 Å². The third-order valence-electron chi connectivity index (χ3n) is 4.09. The van der Waals surface area contributed by atoms with Crippen LogP contribution in [0.25, 0.3) is 0 Å². The summed E-state index contributed by atoms with van der Waals surface area (Å²) in [7, 11) is 2.23. The van der Waals surface area contributed by atoms with Gasteiger partial charge in [0.15, 0.2) is 0 Å². The van der Waals surface area contributed by atoms with Crippen molar-refractivity contribution in [3.63, 3.8) is 0 Å². The number of hydrogen-bond donors (Lipinski definition) is 1. The van der Waals surface area contributed by atoms with Gasteiger partial charge in [-0.1, -0.05) is 31.4 Å². The Morgan fingerprint density at radius 2 is 1.94 bits per heavy atom. The van der Waals surface area contributed by atoms with Crippen molar-refractivity contribution >= 4 is 5.69 Å². The summed E-state index contributed by atoms with van der Waals surface area (Å²) >= 11 is 0. The SMILES string of the molecule is Cc1ccc(CN(C)CC2CCCCC2)cc1N. The molecule has 0 radical (unpaired) electrons. The second-order valence-electron chi connectivity index (χ2n) is 5.89. The van der Waals surface area contributed by atoms with Crippen LogP contribution in [0.15, 0.2) is 18.2 Å². The first-order valence-corrected chi connectivity index (χ1v) is 7.18. The predicted octanol–water partition coefficient (Wildman–Crippen LogP) is 3.59. The Bertz CT molecular complexity index is 381. The van der Waals surface area contributed by atoms with E-state index in [0.29, 0.717) is 0 Å². The number of nitrogens with two attached hydrogens (primary N) is 1. The van der Waals surface area contributed by atoms with Crippen LogP contribution in [-0.4, -0.2) is 18.5 Å². The molecule has 0 bridgehead atoms. The van der Waals surface area contributed by atoms with E-state index in [0.717, 1.165) is 18.2 Å². The minimum atomic E-state index is 0.909. The Hall–Kier alpha value is -1.02. The van der Waals surface area contributed by atoms with E-state index in [2.05, 4.69) is 37.1 Å². The van der Waals surface area contributed by atoms with Crippen LogP contribution in [0.3, 0.4) is 0 Å². The maximum Gasteiger partial charge on any atom is 0.0346 e. The van der Waals surface area contributed by atoms with Crippen LogP contribution in [0.4, 0.5) is 5.69 Å². The minimum Gasteiger partial charge on any atom is -0.399 e. The first-order valence-electron chi connectivity index (χ1n) is 7.18. The van der Waals surface area contributed by atoms with E-state index in [-0.39, 0.29) is 0 Å². The van der Waals surface area contributed by atoms with Gasteiger partial charge < -0.3 is 10.6 Å². The smallest absolute Gasteiger partial charge is 0.0346 e. The fourth-order valence-electron chi connectivity index (χ4n) is 2.98. The molecule has 0 aromatic heterocycles. The van der Waals surface area contributed by atoms with Crippen LogP contribution < -0.4 is 5.73 Å². The fourth-order valence-corrected chi connectivity index (χ4v) is 2.98. The van der Waals surface area contributed by atoms with Crippen molar-refractivity contribution in [2.24, 2.45) is 5.92 Å². The van der Waals surface area contributed by atoms with Gasteiger partial charge >= 0.3 is 0 Å². The van der Waals surface area contributed by atoms with Crippen LogP contribution >= 0.6 is 0 Å². The van der Waals surface area contributed by atoms with Gasteiger partial charge in [0.1, 0.15) is 0 Å². The Morgan fingerprint density at radius 3 is 2.61 bits per heavy atom. The molecular weight excluding hydrogens is 220 g/mol. The molecule has 1 aliphatic rings. The summed E-state index contributed by atoms with van der Waals surface area (Å²) in [6, 6.07) is 6.44. The van der Waals surface area contributed by atoms with Crippen molar-refractivity contribution in [2.75, 3.05) is 19.3 Å². The molecule has 1 aromatic carbocycles. The number of nitrogens with zero attached hydrogens (tertiary/aromatic N) is 1. The van der Waals surface area contributed by atoms with Crippen LogP contribution in [0.1, 0.15) is 43.2 Å². The van der Waals surface area contributed by atoms with E-state index < -0.39 is 0 Å². The number of rotatable bonds is 4. The Labute approximate surface area is 111 Å². The minimum absolute atomic E-state index is 0.909. The molecule has 0 unspecified atom stereocenters. The average molecular weight is 246 g/mol. The molecule has 2 rings (SSSR count). The van der Waals surface area contributed by atoms with Crippen molar-refractivity contribution in [2.45, 2.75) is 45.6 Å². The zero-order chi connectivity index (χ0) is 13.0. The molecule has 0 aliphatic heterocycles. The molecule has 1 aliphatic carbocycles. The lowest BCUT2D eigenvalue weighted by Crippen LogP contribution is -2.26. The summed E-state index contributed by atoms with van der Waals surface area (Å²) in [6.07, 6.45) is 7.13. The standard InChI is InChI=1S/C16H26N2/c1-13-8-9-15(10-16(13)17)12-18(2)11-14-6-4-3-5-7-14/h8-10,14H,3-7,11-12,17H2,1-2H3. The lowest BCUT2D eigenvalue weighted by molar-refractivity contribution is 0.228. The van der Waals surface area contributed by atoms with E-state index in [1.165, 1.54) is 49.8 Å². The normalized spacial score (nSPS) is 17.3. The summed E-state index contributed by atoms with van der Waals surface area (Å²) in [5.74, 6) is 0.909.